The molecule has 0 aromatic rings. The smallest absolute Gasteiger partial charge is 0.197 e. The average Bonchev–Trinajstić information content (AvgIpc) is 1.67. The van der Waals surface area contributed by atoms with E-state index in [1.54, 1.807) is 6.92 Å². The van der Waals surface area contributed by atoms with Crippen molar-refractivity contribution in [3.05, 3.63) is 0 Å². The molecule has 1 unspecified atom stereocenters. The van der Waals surface area contributed by atoms with Gasteiger partial charge >= 0.3 is 0 Å². The lowest BCUT2D eigenvalue weighted by molar-refractivity contribution is 0.345. The van der Waals surface area contributed by atoms with Crippen LogP contribution in [0.1, 0.15) is 6.92 Å². The van der Waals surface area contributed by atoms with Gasteiger partial charge in [-0.3, -0.25) is 0 Å². The van der Waals surface area contributed by atoms with Crippen molar-refractivity contribution in [1.29, 1.82) is 0 Å². The highest BCUT2D eigenvalue weighted by Crippen LogP contribution is 2.18. The first-order valence-corrected chi connectivity index (χ1v) is 5.34. The van der Waals surface area contributed by atoms with Crippen LogP contribution < -0.4 is 5.90 Å². The molecule has 0 aromatic carbocycles. The lowest BCUT2D eigenvalue weighted by Crippen LogP contribution is -2.04. The summed E-state index contributed by atoms with van der Waals surface area (Å²) in [4.78, 5) is 0. The largest absolute Gasteiger partial charge is 0.296 e. The predicted octanol–water partition coefficient (Wildman–Crippen LogP) is -0.180. The van der Waals surface area contributed by atoms with Crippen molar-refractivity contribution in [2.75, 3.05) is 6.16 Å². The third-order valence-electron chi connectivity index (χ3n) is 0.448. The Morgan fingerprint density at radius 3 is 2.38 bits per heavy atom. The van der Waals surface area contributed by atoms with Crippen molar-refractivity contribution in [3.63, 3.8) is 0 Å². The molecule has 0 aliphatic heterocycles. The third-order valence-corrected chi connectivity index (χ3v) is 3.56. The number of nitrogens with two attached hydrogens (primary N) is 1. The minimum absolute atomic E-state index is 0.233. The summed E-state index contributed by atoms with van der Waals surface area (Å²) in [5.41, 5.74) is 0. The molecule has 0 fully saturated rings. The van der Waals surface area contributed by atoms with Gasteiger partial charge in [0.2, 0.25) is 0 Å². The van der Waals surface area contributed by atoms with Gasteiger partial charge in [-0.15, -0.1) is 0 Å². The van der Waals surface area contributed by atoms with Gasteiger partial charge in [0, 0.05) is 7.78 Å². The summed E-state index contributed by atoms with van der Waals surface area (Å²) in [6.45, 7) is 1.75. The van der Waals surface area contributed by atoms with Crippen LogP contribution in [0, 0.1) is 0 Å². The molecule has 6 heteroatoms. The molecule has 0 aliphatic rings. The van der Waals surface area contributed by atoms with Gasteiger partial charge in [-0.1, -0.05) is 6.92 Å². The first-order valence-electron chi connectivity index (χ1n) is 2.00. The van der Waals surface area contributed by atoms with Crippen LogP contribution in [0.4, 0.5) is 0 Å². The molecule has 4 nitrogen and oxygen atoms in total. The molecule has 0 bridgehead atoms. The van der Waals surface area contributed by atoms with Crippen molar-refractivity contribution in [3.8, 4) is 0 Å². The molecule has 0 spiro atoms. The van der Waals surface area contributed by atoms with Gasteiger partial charge in [0.05, 0.1) is 0 Å². The molecule has 2 N–H and O–H groups in total. The molecule has 50 valence electrons. The molecule has 0 radical (unpaired) electrons. The molecule has 0 aliphatic carbocycles. The summed E-state index contributed by atoms with van der Waals surface area (Å²) in [6.07, 6.45) is 0.555. The minimum atomic E-state index is -3.36. The van der Waals surface area contributed by atoms with E-state index < -0.39 is 9.74 Å². The van der Waals surface area contributed by atoms with Crippen LogP contribution in [0.2, 0.25) is 0 Å². The van der Waals surface area contributed by atoms with Crippen molar-refractivity contribution < 1.29 is 12.7 Å². The van der Waals surface area contributed by atoms with E-state index >= 15 is 0 Å². The second-order valence-electron chi connectivity index (χ2n) is 1.05. The Morgan fingerprint density at radius 2 is 2.25 bits per heavy atom. The van der Waals surface area contributed by atoms with Crippen LogP contribution in [-0.2, 0) is 14.0 Å². The fourth-order valence-electron chi connectivity index (χ4n) is 0.211. The van der Waals surface area contributed by atoms with Crippen molar-refractivity contribution in [1.82, 2.24) is 0 Å². The quantitative estimate of drug-likeness (QED) is 0.455. The van der Waals surface area contributed by atoms with Gasteiger partial charge in [0.25, 0.3) is 9.74 Å². The Balaban J connectivity index is 3.76. The summed E-state index contributed by atoms with van der Waals surface area (Å²) >= 11 is 0. The number of hydrogen-bond acceptors (Lipinski definition) is 4. The monoisotopic (exact) mass is 157 g/mol. The Bertz CT molecular complexity index is 141. The predicted molar refractivity (Wildman–Crippen MR) is 33.0 cm³/mol. The van der Waals surface area contributed by atoms with E-state index in [1.165, 1.54) is 0 Å². The van der Waals surface area contributed by atoms with Crippen LogP contribution >= 0.6 is 7.78 Å². The zero-order chi connectivity index (χ0) is 6.62. The molecular formula is C2H8NO3PS. The summed E-state index contributed by atoms with van der Waals surface area (Å²) < 4.78 is 24.2. The molecule has 1 atom stereocenters. The van der Waals surface area contributed by atoms with Crippen LogP contribution in [0.3, 0.4) is 0 Å². The Hall–Kier alpha value is 0.300. The fourth-order valence-corrected chi connectivity index (χ4v) is 1.90. The van der Waals surface area contributed by atoms with Gasteiger partial charge in [0.15, 0.2) is 0 Å². The van der Waals surface area contributed by atoms with Gasteiger partial charge in [-0.2, -0.15) is 18.6 Å². The molecular weight excluding hydrogens is 149 g/mol. The SMILES string of the molecule is CCPS(=O)(=O)ON. The van der Waals surface area contributed by atoms with E-state index in [2.05, 4.69) is 10.2 Å². The summed E-state index contributed by atoms with van der Waals surface area (Å²) in [5, 5.41) is 0. The second kappa shape index (κ2) is 3.35. The van der Waals surface area contributed by atoms with Crippen LogP contribution in [-0.4, -0.2) is 14.6 Å². The van der Waals surface area contributed by atoms with E-state index in [4.69, 9.17) is 0 Å². The molecule has 0 saturated heterocycles. The summed E-state index contributed by atoms with van der Waals surface area (Å²) in [5.74, 6) is 4.41. The first-order chi connectivity index (χ1) is 3.62. The Labute approximate surface area is 50.0 Å². The summed E-state index contributed by atoms with van der Waals surface area (Å²) in [7, 11) is -3.60. The molecule has 0 saturated carbocycles. The number of hydrogen-bond donors (Lipinski definition) is 1. The highest BCUT2D eigenvalue weighted by atomic mass is 32.8. The lowest BCUT2D eigenvalue weighted by atomic mass is 11.0. The van der Waals surface area contributed by atoms with Crippen LogP contribution in [0.5, 0.6) is 0 Å². The van der Waals surface area contributed by atoms with Crippen molar-refractivity contribution in [2.45, 2.75) is 6.92 Å². The van der Waals surface area contributed by atoms with Crippen LogP contribution in [0.25, 0.3) is 0 Å². The van der Waals surface area contributed by atoms with Crippen molar-refractivity contribution in [2.24, 2.45) is 5.90 Å². The first kappa shape index (κ1) is 8.30. The van der Waals surface area contributed by atoms with Crippen molar-refractivity contribution >= 4 is 17.5 Å². The van der Waals surface area contributed by atoms with E-state index in [1.807, 2.05) is 0 Å². The van der Waals surface area contributed by atoms with Gasteiger partial charge in [-0.05, 0) is 6.16 Å². The van der Waals surface area contributed by atoms with Crippen LogP contribution in [0.15, 0.2) is 0 Å². The Kier molecular flexibility index (Phi) is 3.48. The highest BCUT2D eigenvalue weighted by molar-refractivity contribution is 8.40. The normalized spacial score (nSPS) is 13.2. The topological polar surface area (TPSA) is 69.4 Å². The maximum Gasteiger partial charge on any atom is 0.296 e. The minimum Gasteiger partial charge on any atom is -0.197 e. The third kappa shape index (κ3) is 3.32. The van der Waals surface area contributed by atoms with E-state index in [0.717, 1.165) is 0 Å². The van der Waals surface area contributed by atoms with E-state index in [0.29, 0.717) is 6.16 Å². The van der Waals surface area contributed by atoms with E-state index in [9.17, 15) is 8.42 Å². The second-order valence-corrected chi connectivity index (χ2v) is 5.51. The molecule has 0 amide bonds. The summed E-state index contributed by atoms with van der Waals surface area (Å²) in [6, 6.07) is 0. The van der Waals surface area contributed by atoms with Gasteiger partial charge in [0.1, 0.15) is 0 Å². The average molecular weight is 157 g/mol. The highest BCUT2D eigenvalue weighted by Gasteiger charge is 2.04. The zero-order valence-electron chi connectivity index (χ0n) is 4.42. The van der Waals surface area contributed by atoms with Gasteiger partial charge < -0.3 is 0 Å². The number of rotatable bonds is 3. The molecule has 0 heterocycles. The zero-order valence-corrected chi connectivity index (χ0v) is 6.23. The van der Waals surface area contributed by atoms with Gasteiger partial charge in [-0.25, -0.2) is 0 Å². The fraction of sp³-hybridized carbons (Fsp3) is 1.00. The van der Waals surface area contributed by atoms with E-state index in [-0.39, 0.29) is 7.78 Å². The Morgan fingerprint density at radius 1 is 1.75 bits per heavy atom. The molecule has 0 rings (SSSR count). The molecule has 8 heavy (non-hydrogen) atoms. The maximum atomic E-state index is 10.3. The standard InChI is InChI=1S/C2H8NO3PS/c1-2-7-8(4,5)6-3/h7H,2-3H2,1H3. The maximum absolute atomic E-state index is 10.3. The molecule has 0 aromatic heterocycles. The lowest BCUT2D eigenvalue weighted by Gasteiger charge is -1.93.